The van der Waals surface area contributed by atoms with Crippen molar-refractivity contribution in [3.05, 3.63) is 57.6 Å². The Kier molecular flexibility index (Phi) is 8.90. The van der Waals surface area contributed by atoms with Gasteiger partial charge in [0.1, 0.15) is 29.9 Å². The van der Waals surface area contributed by atoms with E-state index in [1.807, 2.05) is 6.92 Å². The largest absolute Gasteiger partial charge is 0.480 e. The number of benzene rings is 1. The first kappa shape index (κ1) is 26.7. The summed E-state index contributed by atoms with van der Waals surface area (Å²) in [6.45, 7) is 5.14. The number of ether oxygens (including phenoxy) is 1. The molecule has 1 saturated heterocycles. The van der Waals surface area contributed by atoms with E-state index >= 15 is 0 Å². The van der Waals surface area contributed by atoms with Crippen LogP contribution in [-0.4, -0.2) is 65.4 Å². The highest BCUT2D eigenvalue weighted by Crippen LogP contribution is 2.37. The topological polar surface area (TPSA) is 104 Å². The van der Waals surface area contributed by atoms with E-state index in [0.29, 0.717) is 27.3 Å². The molecule has 0 aromatic heterocycles. The van der Waals surface area contributed by atoms with Gasteiger partial charge in [-0.1, -0.05) is 28.1 Å². The first-order valence-electron chi connectivity index (χ1n) is 11.1. The van der Waals surface area contributed by atoms with Crippen molar-refractivity contribution < 1.29 is 28.2 Å². The first-order valence-corrected chi connectivity index (χ1v) is 11.9. The summed E-state index contributed by atoms with van der Waals surface area (Å²) >= 11 is 3.36. The van der Waals surface area contributed by atoms with Crippen molar-refractivity contribution in [3.63, 3.8) is 0 Å². The molecule has 188 valence electrons. The third kappa shape index (κ3) is 6.21. The highest BCUT2D eigenvalue weighted by atomic mass is 79.9. The van der Waals surface area contributed by atoms with E-state index in [2.05, 4.69) is 26.2 Å². The summed E-state index contributed by atoms with van der Waals surface area (Å²) in [5.74, 6) is -1.93. The molecular formula is C24H27BrF2N4O4. The molecule has 0 spiro atoms. The highest BCUT2D eigenvalue weighted by Gasteiger charge is 2.40. The molecule has 35 heavy (non-hydrogen) atoms. The second kappa shape index (κ2) is 11.7. The van der Waals surface area contributed by atoms with Crippen molar-refractivity contribution in [1.29, 1.82) is 0 Å². The minimum Gasteiger partial charge on any atom is -0.480 e. The van der Waals surface area contributed by atoms with Crippen molar-refractivity contribution in [2.45, 2.75) is 45.4 Å². The number of likely N-dealkylation sites (tertiary alicyclic amines) is 1. The molecule has 0 aliphatic carbocycles. The van der Waals surface area contributed by atoms with Gasteiger partial charge >= 0.3 is 11.9 Å². The molecule has 2 N–H and O–H groups in total. The first-order chi connectivity index (χ1) is 16.7. The average molecular weight is 553 g/mol. The van der Waals surface area contributed by atoms with Gasteiger partial charge in [-0.15, -0.1) is 0 Å². The van der Waals surface area contributed by atoms with E-state index in [1.165, 1.54) is 23.1 Å². The molecule has 0 unspecified atom stereocenters. The van der Waals surface area contributed by atoms with Crippen molar-refractivity contribution in [2.75, 3.05) is 19.7 Å². The quantitative estimate of drug-likeness (QED) is 0.374. The van der Waals surface area contributed by atoms with Crippen LogP contribution < -0.4 is 5.32 Å². The van der Waals surface area contributed by atoms with Gasteiger partial charge in [0.15, 0.2) is 0 Å². The number of rotatable bonds is 8. The van der Waals surface area contributed by atoms with Crippen LogP contribution in [0.5, 0.6) is 0 Å². The zero-order valence-electron chi connectivity index (χ0n) is 19.6. The number of aliphatic carboxylic acids is 1. The summed E-state index contributed by atoms with van der Waals surface area (Å²) < 4.78 is 33.7. The third-order valence-electron chi connectivity index (χ3n) is 5.64. The Bertz CT molecular complexity index is 1120. The number of nitrogens with zero attached hydrogens (tertiary/aromatic N) is 3. The van der Waals surface area contributed by atoms with Gasteiger partial charge in [0.05, 0.1) is 17.9 Å². The fraction of sp³-hybridized carbons (Fsp3) is 0.417. The summed E-state index contributed by atoms with van der Waals surface area (Å²) in [6.07, 6.45) is 1.87. The van der Waals surface area contributed by atoms with Gasteiger partial charge in [0.2, 0.25) is 0 Å². The molecule has 3 atom stereocenters. The summed E-state index contributed by atoms with van der Waals surface area (Å²) in [6, 6.07) is 2.09. The van der Waals surface area contributed by atoms with E-state index in [1.54, 1.807) is 26.1 Å². The number of amidine groups is 1. The molecule has 0 saturated carbocycles. The van der Waals surface area contributed by atoms with Crippen LogP contribution in [-0.2, 0) is 14.3 Å². The number of aliphatic imine (C=N–C) groups is 2. The van der Waals surface area contributed by atoms with Gasteiger partial charge in [-0.2, -0.15) is 0 Å². The number of hydrogen-bond donors (Lipinski definition) is 2. The molecule has 11 heteroatoms. The molecule has 1 aromatic rings. The fourth-order valence-corrected chi connectivity index (χ4v) is 4.60. The lowest BCUT2D eigenvalue weighted by Gasteiger charge is -2.31. The van der Waals surface area contributed by atoms with Gasteiger partial charge in [-0.25, -0.2) is 13.6 Å². The molecule has 1 aromatic carbocycles. The van der Waals surface area contributed by atoms with E-state index in [9.17, 15) is 23.5 Å². The molecule has 2 heterocycles. The standard InChI is InChI=1S/C24H27BrF2N4O4/c1-4-8-28-13(3)22-29-18(12-31-11-15(27)10-19(31)23(32)33)20(24(34)35-5-2)21(30-22)16-7-6-14(26)9-17(16)25/h4,6-9,15,19,21H,5,10-12H2,1-3H3,(H,29,30)(H,32,33)/b8-4-,28-13?/t15-,19-,21-/m0/s1. The van der Waals surface area contributed by atoms with Crippen LogP contribution >= 0.6 is 15.9 Å². The van der Waals surface area contributed by atoms with Crippen molar-refractivity contribution in [3.8, 4) is 0 Å². The summed E-state index contributed by atoms with van der Waals surface area (Å²) in [5, 5.41) is 12.7. The Morgan fingerprint density at radius 2 is 2.17 bits per heavy atom. The Morgan fingerprint density at radius 1 is 1.43 bits per heavy atom. The Hall–Kier alpha value is -2.92. The van der Waals surface area contributed by atoms with Crippen molar-refractivity contribution in [2.24, 2.45) is 9.98 Å². The van der Waals surface area contributed by atoms with Crippen LogP contribution in [0, 0.1) is 5.82 Å². The number of alkyl halides is 1. The van der Waals surface area contributed by atoms with Crippen molar-refractivity contribution in [1.82, 2.24) is 10.2 Å². The van der Waals surface area contributed by atoms with E-state index in [4.69, 9.17) is 9.73 Å². The molecule has 8 nitrogen and oxygen atoms in total. The number of hydrogen-bond acceptors (Lipinski definition) is 7. The number of esters is 1. The van der Waals surface area contributed by atoms with Crippen LogP contribution in [0.4, 0.5) is 8.78 Å². The van der Waals surface area contributed by atoms with Crippen LogP contribution in [0.15, 0.2) is 56.2 Å². The summed E-state index contributed by atoms with van der Waals surface area (Å²) in [4.78, 5) is 35.4. The van der Waals surface area contributed by atoms with E-state index in [0.717, 1.165) is 0 Å². The summed E-state index contributed by atoms with van der Waals surface area (Å²) in [7, 11) is 0. The molecule has 1 fully saturated rings. The highest BCUT2D eigenvalue weighted by molar-refractivity contribution is 9.10. The minimum atomic E-state index is -1.31. The number of allylic oxidation sites excluding steroid dienone is 1. The number of carboxylic acids is 1. The molecule has 2 aliphatic rings. The zero-order chi connectivity index (χ0) is 25.7. The third-order valence-corrected chi connectivity index (χ3v) is 6.32. The Morgan fingerprint density at radius 3 is 2.80 bits per heavy atom. The van der Waals surface area contributed by atoms with Crippen LogP contribution in [0.25, 0.3) is 0 Å². The molecule has 3 rings (SSSR count). The number of carbonyl (C=O) groups is 2. The van der Waals surface area contributed by atoms with Crippen LogP contribution in [0.1, 0.15) is 38.8 Å². The SMILES string of the molecule is C/C=C\N=C(C)C1=N[C@@H](c2ccc(F)cc2Br)C(C(=O)OCC)=C(CN2C[C@@H](F)C[C@H]2C(=O)O)N1. The Balaban J connectivity index is 2.16. The maximum absolute atomic E-state index is 14.2. The molecule has 0 bridgehead atoms. The average Bonchev–Trinajstić information content (AvgIpc) is 3.17. The van der Waals surface area contributed by atoms with Gasteiger partial charge < -0.3 is 15.2 Å². The van der Waals surface area contributed by atoms with Crippen LogP contribution in [0.3, 0.4) is 0 Å². The van der Waals surface area contributed by atoms with Gasteiger partial charge in [-0.3, -0.25) is 19.7 Å². The predicted molar refractivity (Wildman–Crippen MR) is 132 cm³/mol. The fourth-order valence-electron chi connectivity index (χ4n) is 4.03. The number of nitrogens with one attached hydrogen (secondary N) is 1. The maximum Gasteiger partial charge on any atom is 0.338 e. The Labute approximate surface area is 210 Å². The molecular weight excluding hydrogens is 526 g/mol. The smallest absolute Gasteiger partial charge is 0.338 e. The predicted octanol–water partition coefficient (Wildman–Crippen LogP) is 3.94. The minimum absolute atomic E-state index is 0.0588. The van der Waals surface area contributed by atoms with Gasteiger partial charge in [0.25, 0.3) is 0 Å². The number of carboxylic acid groups (broad SMARTS) is 1. The zero-order valence-corrected chi connectivity index (χ0v) is 21.2. The lowest BCUT2D eigenvalue weighted by atomic mass is 9.95. The maximum atomic E-state index is 14.2. The van der Waals surface area contributed by atoms with E-state index < -0.39 is 36.0 Å². The molecule has 2 aliphatic heterocycles. The van der Waals surface area contributed by atoms with Gasteiger partial charge in [0, 0.05) is 35.9 Å². The normalized spacial score (nSPS) is 23.4. The van der Waals surface area contributed by atoms with Crippen molar-refractivity contribution >= 4 is 39.4 Å². The van der Waals surface area contributed by atoms with E-state index in [-0.39, 0.29) is 31.7 Å². The molecule has 0 amide bonds. The second-order valence-electron chi connectivity index (χ2n) is 8.10. The summed E-state index contributed by atoms with van der Waals surface area (Å²) in [5.41, 5.74) is 1.47. The number of halogens is 3. The lowest BCUT2D eigenvalue weighted by molar-refractivity contribution is -0.142. The number of carbonyl (C=O) groups excluding carboxylic acids is 1. The lowest BCUT2D eigenvalue weighted by Crippen LogP contribution is -2.44. The molecule has 0 radical (unpaired) electrons. The second-order valence-corrected chi connectivity index (χ2v) is 8.95. The monoisotopic (exact) mass is 552 g/mol. The van der Waals surface area contributed by atoms with Crippen LogP contribution in [0.2, 0.25) is 0 Å². The van der Waals surface area contributed by atoms with Gasteiger partial charge in [-0.05, 0) is 38.5 Å².